The van der Waals surface area contributed by atoms with Gasteiger partial charge in [-0.3, -0.25) is 0 Å². The van der Waals surface area contributed by atoms with Crippen molar-refractivity contribution in [2.45, 2.75) is 19.3 Å². The molecule has 6 heteroatoms. The summed E-state index contributed by atoms with van der Waals surface area (Å²) in [6, 6.07) is 0. The predicted octanol–water partition coefficient (Wildman–Crippen LogP) is 2.57. The van der Waals surface area contributed by atoms with Crippen molar-refractivity contribution in [3.63, 3.8) is 0 Å². The van der Waals surface area contributed by atoms with Gasteiger partial charge in [0, 0.05) is 24.7 Å². The number of hydrogen-bond acceptors (Lipinski definition) is 4. The van der Waals surface area contributed by atoms with Crippen molar-refractivity contribution in [1.82, 2.24) is 10.3 Å². The van der Waals surface area contributed by atoms with Crippen molar-refractivity contribution in [2.75, 3.05) is 31.1 Å². The van der Waals surface area contributed by atoms with E-state index in [9.17, 15) is 0 Å². The molecule has 1 N–H and O–H groups in total. The molecule has 0 amide bonds. The van der Waals surface area contributed by atoms with Crippen LogP contribution in [0.15, 0.2) is 11.6 Å². The van der Waals surface area contributed by atoms with Crippen molar-refractivity contribution in [1.29, 1.82) is 0 Å². The van der Waals surface area contributed by atoms with E-state index in [0.29, 0.717) is 5.41 Å². The quantitative estimate of drug-likeness (QED) is 0.863. The van der Waals surface area contributed by atoms with Crippen LogP contribution in [0.2, 0.25) is 0 Å². The third-order valence-corrected chi connectivity index (χ3v) is 4.62. The van der Waals surface area contributed by atoms with E-state index in [1.165, 1.54) is 50.6 Å². The first-order valence-electron chi connectivity index (χ1n) is 5.73. The fraction of sp³-hybridized carbons (Fsp3) is 0.727. The minimum absolute atomic E-state index is 0. The SMILES string of the molecule is Cl.Cl.c1csc(N2CCC3(CCNCC3)C2)n1. The summed E-state index contributed by atoms with van der Waals surface area (Å²) in [7, 11) is 0. The molecule has 2 fully saturated rings. The third kappa shape index (κ3) is 3.05. The molecule has 2 saturated heterocycles. The maximum atomic E-state index is 4.41. The molecule has 0 radical (unpaired) electrons. The molecular weight excluding hydrogens is 277 g/mol. The summed E-state index contributed by atoms with van der Waals surface area (Å²) in [5.74, 6) is 0. The lowest BCUT2D eigenvalue weighted by molar-refractivity contribution is 0.232. The highest BCUT2D eigenvalue weighted by Gasteiger charge is 2.39. The molecule has 2 aliphatic rings. The van der Waals surface area contributed by atoms with Gasteiger partial charge < -0.3 is 10.2 Å². The van der Waals surface area contributed by atoms with Gasteiger partial charge in [0.05, 0.1) is 0 Å². The first kappa shape index (κ1) is 15.0. The van der Waals surface area contributed by atoms with Crippen molar-refractivity contribution < 1.29 is 0 Å². The van der Waals surface area contributed by atoms with Gasteiger partial charge in [-0.25, -0.2) is 4.98 Å². The fourth-order valence-electron chi connectivity index (χ4n) is 2.84. The summed E-state index contributed by atoms with van der Waals surface area (Å²) in [6.45, 7) is 4.83. The summed E-state index contributed by atoms with van der Waals surface area (Å²) >= 11 is 1.77. The van der Waals surface area contributed by atoms with E-state index in [1.54, 1.807) is 11.3 Å². The summed E-state index contributed by atoms with van der Waals surface area (Å²) in [5, 5.41) is 6.74. The molecule has 3 nitrogen and oxygen atoms in total. The molecule has 1 spiro atoms. The Labute approximate surface area is 119 Å². The van der Waals surface area contributed by atoms with E-state index < -0.39 is 0 Å². The van der Waals surface area contributed by atoms with Crippen LogP contribution in [-0.4, -0.2) is 31.2 Å². The van der Waals surface area contributed by atoms with Crippen LogP contribution in [0.25, 0.3) is 0 Å². The Hall–Kier alpha value is -0.0300. The van der Waals surface area contributed by atoms with Crippen LogP contribution < -0.4 is 10.2 Å². The second kappa shape index (κ2) is 6.23. The normalized spacial score (nSPS) is 22.0. The Morgan fingerprint density at radius 1 is 1.24 bits per heavy atom. The van der Waals surface area contributed by atoms with E-state index in [-0.39, 0.29) is 24.8 Å². The molecule has 98 valence electrons. The van der Waals surface area contributed by atoms with Crippen LogP contribution in [0.4, 0.5) is 5.13 Å². The Morgan fingerprint density at radius 3 is 2.65 bits per heavy atom. The molecule has 0 saturated carbocycles. The molecule has 0 aliphatic carbocycles. The summed E-state index contributed by atoms with van der Waals surface area (Å²) < 4.78 is 0. The Bertz CT molecular complexity index is 325. The maximum Gasteiger partial charge on any atom is 0.185 e. The highest BCUT2D eigenvalue weighted by Crippen LogP contribution is 2.40. The number of nitrogens with one attached hydrogen (secondary N) is 1. The lowest BCUT2D eigenvalue weighted by atomic mass is 9.78. The van der Waals surface area contributed by atoms with Gasteiger partial charge in [0.2, 0.25) is 0 Å². The van der Waals surface area contributed by atoms with Gasteiger partial charge in [-0.2, -0.15) is 0 Å². The van der Waals surface area contributed by atoms with Gasteiger partial charge in [-0.1, -0.05) is 0 Å². The molecule has 3 heterocycles. The second-order valence-corrected chi connectivity index (χ2v) is 5.61. The highest BCUT2D eigenvalue weighted by molar-refractivity contribution is 7.13. The van der Waals surface area contributed by atoms with E-state index in [2.05, 4.69) is 20.6 Å². The zero-order valence-electron chi connectivity index (χ0n) is 9.72. The zero-order chi connectivity index (χ0) is 10.1. The van der Waals surface area contributed by atoms with Gasteiger partial charge in [0.15, 0.2) is 5.13 Å². The van der Waals surface area contributed by atoms with Crippen molar-refractivity contribution in [2.24, 2.45) is 5.41 Å². The largest absolute Gasteiger partial charge is 0.348 e. The van der Waals surface area contributed by atoms with Gasteiger partial charge >= 0.3 is 0 Å². The molecule has 0 aromatic carbocycles. The summed E-state index contributed by atoms with van der Waals surface area (Å²) in [5.41, 5.74) is 0.594. The van der Waals surface area contributed by atoms with E-state index >= 15 is 0 Å². The maximum absolute atomic E-state index is 4.41. The Kier molecular flexibility index (Phi) is 5.51. The van der Waals surface area contributed by atoms with E-state index in [0.717, 1.165) is 0 Å². The standard InChI is InChI=1S/C11H17N3S.2ClH/c1-4-12-5-2-11(1)3-7-14(9-11)10-13-6-8-15-10;;/h6,8,12H,1-5,7,9H2;2*1H. The molecule has 17 heavy (non-hydrogen) atoms. The number of nitrogens with zero attached hydrogens (tertiary/aromatic N) is 2. The molecule has 3 rings (SSSR count). The predicted molar refractivity (Wildman–Crippen MR) is 78.0 cm³/mol. The molecule has 1 aromatic rings. The van der Waals surface area contributed by atoms with Crippen LogP contribution in [-0.2, 0) is 0 Å². The number of anilines is 1. The number of halogens is 2. The smallest absolute Gasteiger partial charge is 0.185 e. The van der Waals surface area contributed by atoms with E-state index in [1.807, 2.05) is 6.20 Å². The summed E-state index contributed by atoms with van der Waals surface area (Å²) in [4.78, 5) is 6.87. The minimum atomic E-state index is 0. The average molecular weight is 296 g/mol. The number of aromatic nitrogens is 1. The first-order chi connectivity index (χ1) is 7.38. The number of thiazole rings is 1. The Balaban J connectivity index is 0.000000722. The monoisotopic (exact) mass is 295 g/mol. The van der Waals surface area contributed by atoms with Crippen LogP contribution >= 0.6 is 36.2 Å². The highest BCUT2D eigenvalue weighted by atomic mass is 35.5. The fourth-order valence-corrected chi connectivity index (χ4v) is 3.51. The van der Waals surface area contributed by atoms with Gasteiger partial charge in [-0.15, -0.1) is 36.2 Å². The number of piperidine rings is 1. The first-order valence-corrected chi connectivity index (χ1v) is 6.61. The number of rotatable bonds is 1. The molecule has 2 aliphatic heterocycles. The van der Waals surface area contributed by atoms with E-state index in [4.69, 9.17) is 0 Å². The third-order valence-electron chi connectivity index (χ3n) is 3.79. The van der Waals surface area contributed by atoms with Crippen LogP contribution in [0.5, 0.6) is 0 Å². The van der Waals surface area contributed by atoms with Crippen LogP contribution in [0.3, 0.4) is 0 Å². The van der Waals surface area contributed by atoms with Crippen LogP contribution in [0.1, 0.15) is 19.3 Å². The van der Waals surface area contributed by atoms with Crippen LogP contribution in [0, 0.1) is 5.41 Å². The average Bonchev–Trinajstić information content (AvgIpc) is 2.88. The summed E-state index contributed by atoms with van der Waals surface area (Å²) in [6.07, 6.45) is 5.95. The Morgan fingerprint density at radius 2 is 2.00 bits per heavy atom. The lowest BCUT2D eigenvalue weighted by Gasteiger charge is -2.33. The van der Waals surface area contributed by atoms with Gasteiger partial charge in [0.25, 0.3) is 0 Å². The van der Waals surface area contributed by atoms with Crippen molar-refractivity contribution in [3.8, 4) is 0 Å². The van der Waals surface area contributed by atoms with Crippen molar-refractivity contribution >= 4 is 41.3 Å². The van der Waals surface area contributed by atoms with Gasteiger partial charge in [-0.05, 0) is 37.8 Å². The minimum Gasteiger partial charge on any atom is -0.348 e. The molecule has 1 aromatic heterocycles. The molecular formula is C11H19Cl2N3S. The second-order valence-electron chi connectivity index (χ2n) is 4.74. The molecule has 0 bridgehead atoms. The van der Waals surface area contributed by atoms with Gasteiger partial charge in [0.1, 0.15) is 0 Å². The topological polar surface area (TPSA) is 28.2 Å². The number of hydrogen-bond donors (Lipinski definition) is 1. The molecule has 0 unspecified atom stereocenters. The van der Waals surface area contributed by atoms with Crippen molar-refractivity contribution in [3.05, 3.63) is 11.6 Å². The molecule has 0 atom stereocenters. The lowest BCUT2D eigenvalue weighted by Crippen LogP contribution is -2.38. The zero-order valence-corrected chi connectivity index (χ0v) is 12.2.